The van der Waals surface area contributed by atoms with Gasteiger partial charge in [0.2, 0.25) is 10.0 Å². The Labute approximate surface area is 147 Å². The predicted molar refractivity (Wildman–Crippen MR) is 94.4 cm³/mol. The van der Waals surface area contributed by atoms with Gasteiger partial charge in [0.05, 0.1) is 9.77 Å². The molecule has 0 radical (unpaired) electrons. The minimum atomic E-state index is -3.47. The molecule has 0 aliphatic carbocycles. The summed E-state index contributed by atoms with van der Waals surface area (Å²) in [7, 11) is -3.47. The van der Waals surface area contributed by atoms with Crippen molar-refractivity contribution in [2.45, 2.75) is 17.7 Å². The third-order valence-electron chi connectivity index (χ3n) is 3.60. The molecule has 3 rings (SSSR count). The molecule has 2 heterocycles. The van der Waals surface area contributed by atoms with E-state index in [0.29, 0.717) is 23.7 Å². The fourth-order valence-corrected chi connectivity index (χ4v) is 5.31. The zero-order valence-electron chi connectivity index (χ0n) is 12.2. The average Bonchev–Trinajstić information content (AvgIpc) is 3.21. The topological polar surface area (TPSA) is 66.5 Å². The van der Waals surface area contributed by atoms with E-state index in [1.165, 1.54) is 15.8 Å². The van der Waals surface area contributed by atoms with Gasteiger partial charge in [-0.2, -0.15) is 4.31 Å². The average molecular weight is 415 g/mol. The van der Waals surface area contributed by atoms with Gasteiger partial charge in [0, 0.05) is 28.6 Å². The number of benzene rings is 1. The van der Waals surface area contributed by atoms with Crippen molar-refractivity contribution in [2.75, 3.05) is 18.4 Å². The molecule has 5 nitrogen and oxygen atoms in total. The lowest BCUT2D eigenvalue weighted by molar-refractivity contribution is 0.103. The third kappa shape index (κ3) is 3.65. The Morgan fingerprint density at radius 1 is 1.17 bits per heavy atom. The lowest BCUT2D eigenvalue weighted by Gasteiger charge is -2.13. The lowest BCUT2D eigenvalue weighted by Crippen LogP contribution is -2.27. The molecular formula is C15H15BrN2O3S2. The maximum atomic E-state index is 12.5. The molecule has 1 aliphatic heterocycles. The minimum absolute atomic E-state index is 0.199. The number of rotatable bonds is 4. The SMILES string of the molecule is O=C(Nc1ccc(Br)cc1)c1cc(S(=O)(=O)N2CCCC2)cs1. The predicted octanol–water partition coefficient (Wildman–Crippen LogP) is 3.55. The van der Waals surface area contributed by atoms with Gasteiger partial charge < -0.3 is 5.32 Å². The Bertz CT molecular complexity index is 810. The molecule has 0 unspecified atom stereocenters. The molecular weight excluding hydrogens is 400 g/mol. The molecule has 8 heteroatoms. The van der Waals surface area contributed by atoms with Crippen LogP contribution in [0, 0.1) is 0 Å². The fraction of sp³-hybridized carbons (Fsp3) is 0.267. The molecule has 122 valence electrons. The number of carbonyl (C=O) groups excluding carboxylic acids is 1. The van der Waals surface area contributed by atoms with Crippen LogP contribution < -0.4 is 5.32 Å². The van der Waals surface area contributed by atoms with Crippen LogP contribution in [-0.2, 0) is 10.0 Å². The van der Waals surface area contributed by atoms with E-state index in [1.807, 2.05) is 12.1 Å². The van der Waals surface area contributed by atoms with Crippen molar-refractivity contribution < 1.29 is 13.2 Å². The second-order valence-electron chi connectivity index (χ2n) is 5.22. The van der Waals surface area contributed by atoms with Gasteiger partial charge in [0.1, 0.15) is 0 Å². The Hall–Kier alpha value is -1.22. The molecule has 1 N–H and O–H groups in total. The largest absolute Gasteiger partial charge is 0.321 e. The molecule has 0 saturated carbocycles. The van der Waals surface area contributed by atoms with E-state index in [9.17, 15) is 13.2 Å². The van der Waals surface area contributed by atoms with Crippen LogP contribution >= 0.6 is 27.3 Å². The van der Waals surface area contributed by atoms with Crippen molar-refractivity contribution in [1.29, 1.82) is 0 Å². The van der Waals surface area contributed by atoms with Gasteiger partial charge in [0.15, 0.2) is 0 Å². The number of halogens is 1. The van der Waals surface area contributed by atoms with Crippen molar-refractivity contribution >= 4 is 48.9 Å². The molecule has 1 fully saturated rings. The highest BCUT2D eigenvalue weighted by molar-refractivity contribution is 9.10. The number of sulfonamides is 1. The van der Waals surface area contributed by atoms with Gasteiger partial charge in [-0.15, -0.1) is 11.3 Å². The third-order valence-corrected chi connectivity index (χ3v) is 7.09. The van der Waals surface area contributed by atoms with Crippen LogP contribution in [0.3, 0.4) is 0 Å². The van der Waals surface area contributed by atoms with Crippen LogP contribution in [0.4, 0.5) is 5.69 Å². The molecule has 1 amide bonds. The summed E-state index contributed by atoms with van der Waals surface area (Å²) in [6.07, 6.45) is 1.78. The Morgan fingerprint density at radius 2 is 1.83 bits per heavy atom. The van der Waals surface area contributed by atoms with Gasteiger partial charge in [-0.25, -0.2) is 8.42 Å². The zero-order chi connectivity index (χ0) is 16.4. The first kappa shape index (κ1) is 16.6. The minimum Gasteiger partial charge on any atom is -0.321 e. The van der Waals surface area contributed by atoms with Crippen LogP contribution in [0.5, 0.6) is 0 Å². The number of hydrogen-bond donors (Lipinski definition) is 1. The summed E-state index contributed by atoms with van der Waals surface area (Å²) < 4.78 is 27.3. The van der Waals surface area contributed by atoms with Gasteiger partial charge in [-0.3, -0.25) is 4.79 Å². The second kappa shape index (κ2) is 6.72. The van der Waals surface area contributed by atoms with Crippen molar-refractivity contribution in [1.82, 2.24) is 4.31 Å². The summed E-state index contributed by atoms with van der Waals surface area (Å²) in [6.45, 7) is 1.11. The molecule has 1 saturated heterocycles. The van der Waals surface area contributed by atoms with Crippen LogP contribution in [0.2, 0.25) is 0 Å². The smallest absolute Gasteiger partial charge is 0.265 e. The summed E-state index contributed by atoms with van der Waals surface area (Å²) in [5.74, 6) is -0.305. The van der Waals surface area contributed by atoms with Crippen molar-refractivity contribution in [2.24, 2.45) is 0 Å². The molecule has 1 aliphatic rings. The number of amides is 1. The molecule has 0 spiro atoms. The Morgan fingerprint density at radius 3 is 2.48 bits per heavy atom. The van der Waals surface area contributed by atoms with E-state index in [2.05, 4.69) is 21.2 Å². The van der Waals surface area contributed by atoms with Crippen LogP contribution in [-0.4, -0.2) is 31.7 Å². The monoisotopic (exact) mass is 414 g/mol. The van der Waals surface area contributed by atoms with Gasteiger partial charge in [0.25, 0.3) is 5.91 Å². The highest BCUT2D eigenvalue weighted by atomic mass is 79.9. The molecule has 0 atom stereocenters. The highest BCUT2D eigenvalue weighted by Crippen LogP contribution is 2.26. The fourth-order valence-electron chi connectivity index (χ4n) is 2.38. The quantitative estimate of drug-likeness (QED) is 0.831. The van der Waals surface area contributed by atoms with Crippen LogP contribution in [0.25, 0.3) is 0 Å². The zero-order valence-corrected chi connectivity index (χ0v) is 15.4. The second-order valence-corrected chi connectivity index (χ2v) is 8.98. The van der Waals surface area contributed by atoms with E-state index in [4.69, 9.17) is 0 Å². The molecule has 0 bridgehead atoms. The number of hydrogen-bond acceptors (Lipinski definition) is 4. The van der Waals surface area contributed by atoms with Crippen molar-refractivity contribution in [3.8, 4) is 0 Å². The van der Waals surface area contributed by atoms with E-state index in [-0.39, 0.29) is 10.8 Å². The number of anilines is 1. The maximum absolute atomic E-state index is 12.5. The van der Waals surface area contributed by atoms with Crippen molar-refractivity contribution in [3.63, 3.8) is 0 Å². The van der Waals surface area contributed by atoms with Crippen LogP contribution in [0.1, 0.15) is 22.5 Å². The Kier molecular flexibility index (Phi) is 4.86. The molecule has 1 aromatic heterocycles. The maximum Gasteiger partial charge on any atom is 0.265 e. The number of carbonyl (C=O) groups is 1. The van der Waals surface area contributed by atoms with E-state index < -0.39 is 10.0 Å². The number of nitrogens with zero attached hydrogens (tertiary/aromatic N) is 1. The summed E-state index contributed by atoms with van der Waals surface area (Å²) in [6, 6.07) is 8.65. The first-order valence-electron chi connectivity index (χ1n) is 7.12. The summed E-state index contributed by atoms with van der Waals surface area (Å²) in [4.78, 5) is 12.8. The number of thiophene rings is 1. The first-order chi connectivity index (χ1) is 11.0. The summed E-state index contributed by atoms with van der Waals surface area (Å²) in [5, 5.41) is 4.29. The summed E-state index contributed by atoms with van der Waals surface area (Å²) >= 11 is 4.47. The van der Waals surface area contributed by atoms with Gasteiger partial charge in [-0.1, -0.05) is 15.9 Å². The van der Waals surface area contributed by atoms with E-state index >= 15 is 0 Å². The van der Waals surface area contributed by atoms with Gasteiger partial charge >= 0.3 is 0 Å². The molecule has 23 heavy (non-hydrogen) atoms. The molecule has 1 aromatic carbocycles. The van der Waals surface area contributed by atoms with E-state index in [1.54, 1.807) is 12.1 Å². The highest BCUT2D eigenvalue weighted by Gasteiger charge is 2.28. The van der Waals surface area contributed by atoms with Crippen LogP contribution in [0.15, 0.2) is 45.1 Å². The van der Waals surface area contributed by atoms with Crippen molar-refractivity contribution in [3.05, 3.63) is 45.1 Å². The standard InChI is InChI=1S/C15H15BrN2O3S2/c16-11-3-5-12(6-4-11)17-15(19)14-9-13(10-22-14)23(20,21)18-7-1-2-8-18/h3-6,9-10H,1-2,7-8H2,(H,17,19). The number of nitrogens with one attached hydrogen (secondary N) is 1. The summed E-state index contributed by atoms with van der Waals surface area (Å²) in [5.41, 5.74) is 0.663. The Balaban J connectivity index is 1.76. The first-order valence-corrected chi connectivity index (χ1v) is 10.2. The molecule has 2 aromatic rings. The lowest BCUT2D eigenvalue weighted by atomic mass is 10.3. The van der Waals surface area contributed by atoms with E-state index in [0.717, 1.165) is 28.7 Å². The normalized spacial score (nSPS) is 15.7. The van der Waals surface area contributed by atoms with Gasteiger partial charge in [-0.05, 0) is 43.2 Å².